The SMILES string of the molecule is c1ccc(-c2ccc(N(c3cccc(-c4cccc5oc6c7ccccc7ccc6c45)c3)c3ccccc3-c3cccc4ccccc34)cc2)cc1. The number of nitrogens with zero attached hydrogens (tertiary/aromatic N) is 1. The summed E-state index contributed by atoms with van der Waals surface area (Å²) in [5, 5.41) is 7.03. The van der Waals surface area contributed by atoms with Gasteiger partial charge < -0.3 is 9.32 Å². The number of para-hydroxylation sites is 1. The molecule has 0 saturated carbocycles. The Bertz CT molecular complexity index is 2900. The Hall–Kier alpha value is -6.90. The fourth-order valence-electron chi connectivity index (χ4n) is 7.82. The molecule has 10 rings (SSSR count). The first-order valence-corrected chi connectivity index (χ1v) is 17.8. The van der Waals surface area contributed by atoms with E-state index in [1.54, 1.807) is 0 Å². The highest BCUT2D eigenvalue weighted by Gasteiger charge is 2.20. The van der Waals surface area contributed by atoms with Gasteiger partial charge in [-0.05, 0) is 86.4 Å². The summed E-state index contributed by atoms with van der Waals surface area (Å²) >= 11 is 0. The number of hydrogen-bond acceptors (Lipinski definition) is 2. The van der Waals surface area contributed by atoms with Gasteiger partial charge in [-0.2, -0.15) is 0 Å². The van der Waals surface area contributed by atoms with E-state index in [2.05, 4.69) is 205 Å². The van der Waals surface area contributed by atoms with Crippen molar-refractivity contribution >= 4 is 60.5 Å². The maximum Gasteiger partial charge on any atom is 0.143 e. The normalized spacial score (nSPS) is 11.5. The maximum absolute atomic E-state index is 6.58. The van der Waals surface area contributed by atoms with Crippen LogP contribution in [0, 0.1) is 0 Å². The molecule has 9 aromatic carbocycles. The highest BCUT2D eigenvalue weighted by atomic mass is 16.3. The molecule has 1 aromatic heterocycles. The zero-order chi connectivity index (χ0) is 34.4. The molecular formula is C50H33NO. The van der Waals surface area contributed by atoms with Gasteiger partial charge in [0.05, 0.1) is 5.69 Å². The van der Waals surface area contributed by atoms with Gasteiger partial charge in [-0.15, -0.1) is 0 Å². The predicted molar refractivity (Wildman–Crippen MR) is 220 cm³/mol. The lowest BCUT2D eigenvalue weighted by molar-refractivity contribution is 0.673. The molecule has 0 aliphatic carbocycles. The van der Waals surface area contributed by atoms with E-state index < -0.39 is 0 Å². The van der Waals surface area contributed by atoms with E-state index in [-0.39, 0.29) is 0 Å². The second-order valence-corrected chi connectivity index (χ2v) is 13.3. The van der Waals surface area contributed by atoms with Gasteiger partial charge >= 0.3 is 0 Å². The van der Waals surface area contributed by atoms with Crippen molar-refractivity contribution in [2.75, 3.05) is 4.90 Å². The largest absolute Gasteiger partial charge is 0.455 e. The molecule has 0 unspecified atom stereocenters. The Labute approximate surface area is 302 Å². The van der Waals surface area contributed by atoms with E-state index in [9.17, 15) is 0 Å². The van der Waals surface area contributed by atoms with Crippen LogP contribution in [0.3, 0.4) is 0 Å². The third kappa shape index (κ3) is 5.04. The number of anilines is 3. The van der Waals surface area contributed by atoms with E-state index in [0.717, 1.165) is 55.5 Å². The third-order valence-electron chi connectivity index (χ3n) is 10.3. The van der Waals surface area contributed by atoms with Gasteiger partial charge in [0.25, 0.3) is 0 Å². The summed E-state index contributed by atoms with van der Waals surface area (Å²) in [7, 11) is 0. The summed E-state index contributed by atoms with van der Waals surface area (Å²) in [5.74, 6) is 0. The van der Waals surface area contributed by atoms with Crippen LogP contribution < -0.4 is 4.90 Å². The van der Waals surface area contributed by atoms with Gasteiger partial charge in [-0.25, -0.2) is 0 Å². The van der Waals surface area contributed by atoms with Crippen LogP contribution in [-0.4, -0.2) is 0 Å². The lowest BCUT2D eigenvalue weighted by atomic mass is 9.95. The van der Waals surface area contributed by atoms with Crippen LogP contribution in [0.15, 0.2) is 205 Å². The molecule has 1 heterocycles. The Kier molecular flexibility index (Phi) is 7.18. The van der Waals surface area contributed by atoms with Crippen molar-refractivity contribution in [3.63, 3.8) is 0 Å². The van der Waals surface area contributed by atoms with Crippen molar-refractivity contribution in [1.82, 2.24) is 0 Å². The molecule has 244 valence electrons. The monoisotopic (exact) mass is 663 g/mol. The van der Waals surface area contributed by atoms with Crippen molar-refractivity contribution in [2.45, 2.75) is 0 Å². The van der Waals surface area contributed by atoms with Crippen LogP contribution in [-0.2, 0) is 0 Å². The minimum absolute atomic E-state index is 0.893. The first-order chi connectivity index (χ1) is 25.8. The van der Waals surface area contributed by atoms with Crippen LogP contribution in [0.2, 0.25) is 0 Å². The van der Waals surface area contributed by atoms with Gasteiger partial charge in [-0.3, -0.25) is 0 Å². The highest BCUT2D eigenvalue weighted by Crippen LogP contribution is 2.45. The molecular weight excluding hydrogens is 631 g/mol. The van der Waals surface area contributed by atoms with Crippen LogP contribution >= 0.6 is 0 Å². The quantitative estimate of drug-likeness (QED) is 0.176. The van der Waals surface area contributed by atoms with E-state index in [4.69, 9.17) is 4.42 Å². The summed E-state index contributed by atoms with van der Waals surface area (Å²) in [4.78, 5) is 2.40. The Morgan fingerprint density at radius 3 is 1.83 bits per heavy atom. The Morgan fingerprint density at radius 2 is 0.962 bits per heavy atom. The minimum atomic E-state index is 0.893. The number of benzene rings is 9. The van der Waals surface area contributed by atoms with Crippen LogP contribution in [0.25, 0.3) is 76.9 Å². The molecule has 0 amide bonds. The topological polar surface area (TPSA) is 16.4 Å². The van der Waals surface area contributed by atoms with E-state index in [1.807, 2.05) is 0 Å². The molecule has 0 N–H and O–H groups in total. The summed E-state index contributed by atoms with van der Waals surface area (Å²) in [6.45, 7) is 0. The number of furan rings is 1. The van der Waals surface area contributed by atoms with Gasteiger partial charge in [0, 0.05) is 33.1 Å². The van der Waals surface area contributed by atoms with E-state index in [0.29, 0.717) is 0 Å². The van der Waals surface area contributed by atoms with Crippen molar-refractivity contribution < 1.29 is 4.42 Å². The summed E-state index contributed by atoms with van der Waals surface area (Å²) in [6, 6.07) is 71.7. The van der Waals surface area contributed by atoms with Gasteiger partial charge in [0.2, 0.25) is 0 Å². The summed E-state index contributed by atoms with van der Waals surface area (Å²) in [5.41, 5.74) is 12.1. The molecule has 52 heavy (non-hydrogen) atoms. The van der Waals surface area contributed by atoms with Gasteiger partial charge in [0.15, 0.2) is 0 Å². The average molecular weight is 664 g/mol. The van der Waals surface area contributed by atoms with Crippen LogP contribution in [0.5, 0.6) is 0 Å². The number of rotatable bonds is 6. The lowest BCUT2D eigenvalue weighted by Crippen LogP contribution is -2.11. The zero-order valence-electron chi connectivity index (χ0n) is 28.4. The van der Waals surface area contributed by atoms with Crippen molar-refractivity contribution in [2.24, 2.45) is 0 Å². The molecule has 10 aromatic rings. The summed E-state index contributed by atoms with van der Waals surface area (Å²) < 4.78 is 6.58. The molecule has 0 aliphatic heterocycles. The minimum Gasteiger partial charge on any atom is -0.455 e. The second kappa shape index (κ2) is 12.5. The second-order valence-electron chi connectivity index (χ2n) is 13.3. The average Bonchev–Trinajstić information content (AvgIpc) is 3.61. The standard InChI is InChI=1S/C50H33NO/c1-2-13-34(14-3-1)35-27-30-39(31-28-35)51(47-25-9-8-22-45(47)44-24-11-17-36-15-4-6-20-41(36)44)40-19-10-18-38(33-40)42-23-12-26-48-49(42)46-32-29-37-16-5-7-21-43(37)50(46)52-48/h1-33H. The molecule has 0 atom stereocenters. The molecule has 0 spiro atoms. The van der Waals surface area contributed by atoms with Crippen LogP contribution in [0.1, 0.15) is 0 Å². The summed E-state index contributed by atoms with van der Waals surface area (Å²) in [6.07, 6.45) is 0. The number of fused-ring (bicyclic) bond motifs is 6. The Balaban J connectivity index is 1.18. The Morgan fingerprint density at radius 1 is 0.346 bits per heavy atom. The maximum atomic E-state index is 6.58. The molecule has 2 heteroatoms. The molecule has 0 fully saturated rings. The van der Waals surface area contributed by atoms with Crippen molar-refractivity contribution in [1.29, 1.82) is 0 Å². The first-order valence-electron chi connectivity index (χ1n) is 17.8. The molecule has 0 saturated heterocycles. The molecule has 0 bridgehead atoms. The third-order valence-corrected chi connectivity index (χ3v) is 10.3. The molecule has 0 aliphatic rings. The van der Waals surface area contributed by atoms with Crippen molar-refractivity contribution in [3.05, 3.63) is 200 Å². The molecule has 2 nitrogen and oxygen atoms in total. The van der Waals surface area contributed by atoms with Crippen molar-refractivity contribution in [3.8, 4) is 33.4 Å². The van der Waals surface area contributed by atoms with Crippen LogP contribution in [0.4, 0.5) is 17.1 Å². The fourth-order valence-corrected chi connectivity index (χ4v) is 7.82. The van der Waals surface area contributed by atoms with E-state index >= 15 is 0 Å². The first kappa shape index (κ1) is 30.0. The lowest BCUT2D eigenvalue weighted by Gasteiger charge is -2.29. The highest BCUT2D eigenvalue weighted by molar-refractivity contribution is 6.19. The van der Waals surface area contributed by atoms with E-state index in [1.165, 1.54) is 38.4 Å². The molecule has 0 radical (unpaired) electrons. The zero-order valence-corrected chi connectivity index (χ0v) is 28.4. The number of hydrogen-bond donors (Lipinski definition) is 0. The smallest absolute Gasteiger partial charge is 0.143 e. The fraction of sp³-hybridized carbons (Fsp3) is 0. The van der Waals surface area contributed by atoms with Gasteiger partial charge in [0.1, 0.15) is 11.2 Å². The van der Waals surface area contributed by atoms with Gasteiger partial charge in [-0.1, -0.05) is 158 Å². The predicted octanol–water partition coefficient (Wildman–Crippen LogP) is 14.4.